The molecule has 0 saturated carbocycles. The summed E-state index contributed by atoms with van der Waals surface area (Å²) in [7, 11) is 0. The molecule has 0 unspecified atom stereocenters. The van der Waals surface area contributed by atoms with Crippen LogP contribution in [0.25, 0.3) is 0 Å². The van der Waals surface area contributed by atoms with Crippen molar-refractivity contribution in [3.05, 3.63) is 130 Å². The van der Waals surface area contributed by atoms with Gasteiger partial charge in [0, 0.05) is 18.0 Å². The number of amides is 2. The Morgan fingerprint density at radius 3 is 1.89 bits per heavy atom. The smallest absolute Gasteiger partial charge is 0.242 e. The number of carbonyl (C=O) groups excluding carboxylic acids is 2. The minimum absolute atomic E-state index is 0.0280. The lowest BCUT2D eigenvalue weighted by molar-refractivity contribution is -0.142. The normalized spacial score (nSPS) is 11.1. The van der Waals surface area contributed by atoms with Crippen LogP contribution in [0.3, 0.4) is 0 Å². The molecule has 0 aliphatic rings. The molecule has 196 valence electrons. The number of nitrogens with zero attached hydrogens (tertiary/aromatic N) is 2. The molecule has 4 aromatic rings. The molecule has 38 heavy (non-hydrogen) atoms. The molecule has 0 saturated heterocycles. The molecule has 2 amide bonds. The lowest BCUT2D eigenvalue weighted by Crippen LogP contribution is -2.45. The summed E-state index contributed by atoms with van der Waals surface area (Å²) in [6, 6.07) is 29.6. The lowest BCUT2D eigenvalue weighted by atomic mass is 9.89. The zero-order valence-corrected chi connectivity index (χ0v) is 22.6. The van der Waals surface area contributed by atoms with Crippen molar-refractivity contribution in [1.29, 1.82) is 0 Å². The molecule has 0 aliphatic carbocycles. The molecule has 4 nitrogen and oxygen atoms in total. The van der Waals surface area contributed by atoms with Crippen molar-refractivity contribution in [1.82, 2.24) is 9.80 Å². The minimum atomic E-state index is -0.508. The summed E-state index contributed by atoms with van der Waals surface area (Å²) in [4.78, 5) is 32.5. The van der Waals surface area contributed by atoms with E-state index in [1.165, 1.54) is 12.1 Å². The highest BCUT2D eigenvalue weighted by molar-refractivity contribution is 7.09. The van der Waals surface area contributed by atoms with Crippen molar-refractivity contribution in [3.8, 4) is 0 Å². The van der Waals surface area contributed by atoms with E-state index in [0.717, 1.165) is 21.6 Å². The SMILES string of the molecule is CC(C)CN(CC(=O)N(Cc1ccc(F)cc1)Cc1cccs1)C(=O)C(c1ccccc1)c1ccccc1. The summed E-state index contributed by atoms with van der Waals surface area (Å²) in [6.45, 7) is 5.29. The fraction of sp³-hybridized carbons (Fsp3) is 0.250. The fourth-order valence-electron chi connectivity index (χ4n) is 4.52. The molecule has 0 aliphatic heterocycles. The van der Waals surface area contributed by atoms with Gasteiger partial charge in [-0.15, -0.1) is 11.3 Å². The van der Waals surface area contributed by atoms with E-state index in [2.05, 4.69) is 0 Å². The Hall–Kier alpha value is -3.77. The van der Waals surface area contributed by atoms with Crippen molar-refractivity contribution >= 4 is 23.2 Å². The molecule has 4 rings (SSSR count). The Morgan fingerprint density at radius 1 is 0.763 bits per heavy atom. The van der Waals surface area contributed by atoms with E-state index in [1.807, 2.05) is 92.0 Å². The molecule has 3 aromatic carbocycles. The van der Waals surface area contributed by atoms with Gasteiger partial charge in [-0.05, 0) is 46.2 Å². The van der Waals surface area contributed by atoms with Gasteiger partial charge in [0.25, 0.3) is 0 Å². The molecular formula is C32H33FN2O2S. The first-order valence-corrected chi connectivity index (χ1v) is 13.7. The van der Waals surface area contributed by atoms with E-state index in [-0.39, 0.29) is 30.1 Å². The number of rotatable bonds is 11. The third kappa shape index (κ3) is 7.39. The number of hydrogen-bond acceptors (Lipinski definition) is 3. The molecule has 0 N–H and O–H groups in total. The Morgan fingerprint density at radius 2 is 1.37 bits per heavy atom. The number of benzene rings is 3. The number of carbonyl (C=O) groups is 2. The van der Waals surface area contributed by atoms with Gasteiger partial charge in [-0.1, -0.05) is 92.7 Å². The van der Waals surface area contributed by atoms with Gasteiger partial charge in [-0.3, -0.25) is 9.59 Å². The number of hydrogen-bond donors (Lipinski definition) is 0. The predicted octanol–water partition coefficient (Wildman–Crippen LogP) is 6.73. The molecule has 6 heteroatoms. The van der Waals surface area contributed by atoms with E-state index in [0.29, 0.717) is 19.6 Å². The van der Waals surface area contributed by atoms with Gasteiger partial charge in [-0.2, -0.15) is 0 Å². The molecule has 0 spiro atoms. The zero-order valence-electron chi connectivity index (χ0n) is 21.8. The Bertz CT molecular complexity index is 1250. The van der Waals surface area contributed by atoms with Crippen molar-refractivity contribution in [2.75, 3.05) is 13.1 Å². The fourth-order valence-corrected chi connectivity index (χ4v) is 5.24. The van der Waals surface area contributed by atoms with Crippen LogP contribution in [0.2, 0.25) is 0 Å². The van der Waals surface area contributed by atoms with Crippen LogP contribution in [0, 0.1) is 11.7 Å². The predicted molar refractivity (Wildman–Crippen MR) is 151 cm³/mol. The standard InChI is InChI=1S/C32H33FN2O2S/c1-24(2)20-35(32(37)31(26-10-5-3-6-11-26)27-12-7-4-8-13-27)23-30(36)34(22-29-14-9-19-38-29)21-25-15-17-28(33)18-16-25/h3-19,24,31H,20-23H2,1-2H3. The quantitative estimate of drug-likeness (QED) is 0.217. The van der Waals surface area contributed by atoms with Crippen LogP contribution in [0.15, 0.2) is 102 Å². The van der Waals surface area contributed by atoms with E-state index in [1.54, 1.807) is 33.3 Å². The average Bonchev–Trinajstić information content (AvgIpc) is 3.43. The number of thiophene rings is 1. The number of halogens is 1. The molecule has 1 aromatic heterocycles. The second-order valence-electron chi connectivity index (χ2n) is 9.82. The largest absolute Gasteiger partial charge is 0.332 e. The van der Waals surface area contributed by atoms with Crippen molar-refractivity contribution in [2.24, 2.45) is 5.92 Å². The van der Waals surface area contributed by atoms with Gasteiger partial charge in [0.2, 0.25) is 11.8 Å². The van der Waals surface area contributed by atoms with Crippen LogP contribution < -0.4 is 0 Å². The van der Waals surface area contributed by atoms with Gasteiger partial charge < -0.3 is 9.80 Å². The molecule has 0 atom stereocenters. The van der Waals surface area contributed by atoms with E-state index < -0.39 is 5.92 Å². The molecular weight excluding hydrogens is 495 g/mol. The Balaban J connectivity index is 1.62. The van der Waals surface area contributed by atoms with E-state index in [9.17, 15) is 14.0 Å². The summed E-state index contributed by atoms with van der Waals surface area (Å²) in [5.41, 5.74) is 2.63. The zero-order chi connectivity index (χ0) is 26.9. The van der Waals surface area contributed by atoms with Crippen LogP contribution >= 0.6 is 11.3 Å². The van der Waals surface area contributed by atoms with Gasteiger partial charge in [0.15, 0.2) is 0 Å². The first-order valence-electron chi connectivity index (χ1n) is 12.8. The van der Waals surface area contributed by atoms with Crippen LogP contribution in [0.4, 0.5) is 4.39 Å². The Labute approximate surface area is 228 Å². The molecule has 1 heterocycles. The first-order chi connectivity index (χ1) is 18.4. The van der Waals surface area contributed by atoms with E-state index >= 15 is 0 Å². The maximum absolute atomic E-state index is 14.2. The van der Waals surface area contributed by atoms with Gasteiger partial charge in [0.05, 0.1) is 19.0 Å². The first kappa shape index (κ1) is 27.3. The van der Waals surface area contributed by atoms with Crippen LogP contribution in [-0.2, 0) is 22.7 Å². The summed E-state index contributed by atoms with van der Waals surface area (Å²) in [5.74, 6) is -0.876. The second kappa shape index (κ2) is 13.2. The van der Waals surface area contributed by atoms with Gasteiger partial charge >= 0.3 is 0 Å². The minimum Gasteiger partial charge on any atom is -0.332 e. The van der Waals surface area contributed by atoms with Gasteiger partial charge in [-0.25, -0.2) is 4.39 Å². The van der Waals surface area contributed by atoms with Crippen LogP contribution in [-0.4, -0.2) is 34.7 Å². The topological polar surface area (TPSA) is 40.6 Å². The van der Waals surface area contributed by atoms with Crippen molar-refractivity contribution in [2.45, 2.75) is 32.9 Å². The maximum Gasteiger partial charge on any atom is 0.242 e. The lowest BCUT2D eigenvalue weighted by Gasteiger charge is -2.31. The third-order valence-electron chi connectivity index (χ3n) is 6.30. The molecule has 0 fully saturated rings. The molecule has 0 radical (unpaired) electrons. The summed E-state index contributed by atoms with van der Waals surface area (Å²) in [6.07, 6.45) is 0. The maximum atomic E-state index is 14.2. The van der Waals surface area contributed by atoms with Crippen LogP contribution in [0.1, 0.15) is 41.3 Å². The van der Waals surface area contributed by atoms with E-state index in [4.69, 9.17) is 0 Å². The monoisotopic (exact) mass is 528 g/mol. The van der Waals surface area contributed by atoms with Crippen molar-refractivity contribution in [3.63, 3.8) is 0 Å². The highest BCUT2D eigenvalue weighted by Gasteiger charge is 2.30. The highest BCUT2D eigenvalue weighted by Crippen LogP contribution is 2.27. The summed E-state index contributed by atoms with van der Waals surface area (Å²) < 4.78 is 13.5. The summed E-state index contributed by atoms with van der Waals surface area (Å²) >= 11 is 1.58. The molecule has 0 bridgehead atoms. The van der Waals surface area contributed by atoms with Crippen molar-refractivity contribution < 1.29 is 14.0 Å². The van der Waals surface area contributed by atoms with Gasteiger partial charge in [0.1, 0.15) is 5.82 Å². The highest BCUT2D eigenvalue weighted by atomic mass is 32.1. The third-order valence-corrected chi connectivity index (χ3v) is 7.16. The Kier molecular flexibility index (Phi) is 9.44. The summed E-state index contributed by atoms with van der Waals surface area (Å²) in [5, 5.41) is 1.98. The second-order valence-corrected chi connectivity index (χ2v) is 10.9. The van der Waals surface area contributed by atoms with Crippen LogP contribution in [0.5, 0.6) is 0 Å². The average molecular weight is 529 g/mol.